The molecule has 0 unspecified atom stereocenters. The number of nitrogens with one attached hydrogen (secondary N) is 1. The van der Waals surface area contributed by atoms with Crippen LogP contribution < -0.4 is 0 Å². The average Bonchev–Trinajstić information content (AvgIpc) is 2.34. The van der Waals surface area contributed by atoms with Crippen molar-refractivity contribution in [2.45, 2.75) is 31.6 Å². The van der Waals surface area contributed by atoms with Gasteiger partial charge in [-0.05, 0) is 12.8 Å². The first kappa shape index (κ1) is 7.29. The Morgan fingerprint density at radius 2 is 2.42 bits per heavy atom. The highest BCUT2D eigenvalue weighted by Gasteiger charge is 2.23. The van der Waals surface area contributed by atoms with Crippen molar-refractivity contribution in [3.05, 3.63) is 11.6 Å². The average molecular weight is 162 g/mol. The van der Waals surface area contributed by atoms with E-state index in [0.29, 0.717) is 18.2 Å². The third-order valence-corrected chi connectivity index (χ3v) is 2.27. The Balaban J connectivity index is 2.08. The molecule has 1 aromatic rings. The van der Waals surface area contributed by atoms with E-state index in [4.69, 9.17) is 5.26 Å². The number of rotatable bonds is 2. The highest BCUT2D eigenvalue weighted by Crippen LogP contribution is 2.33. The van der Waals surface area contributed by atoms with Gasteiger partial charge >= 0.3 is 0 Å². The quantitative estimate of drug-likeness (QED) is 0.709. The van der Waals surface area contributed by atoms with Gasteiger partial charge in [0.15, 0.2) is 5.82 Å². The molecule has 0 aliphatic heterocycles. The summed E-state index contributed by atoms with van der Waals surface area (Å²) in [4.78, 5) is 4.23. The van der Waals surface area contributed by atoms with Gasteiger partial charge in [0.05, 0.1) is 12.5 Å². The SMILES string of the molecule is N#CCc1nc(C2CCC2)n[nH]1. The van der Waals surface area contributed by atoms with E-state index in [1.807, 2.05) is 6.07 Å². The lowest BCUT2D eigenvalue weighted by molar-refractivity contribution is 0.402. The molecule has 0 aromatic carbocycles. The van der Waals surface area contributed by atoms with Gasteiger partial charge in [-0.25, -0.2) is 4.98 Å². The Hall–Kier alpha value is -1.37. The van der Waals surface area contributed by atoms with E-state index in [0.717, 1.165) is 5.82 Å². The molecule has 0 saturated heterocycles. The summed E-state index contributed by atoms with van der Waals surface area (Å²) >= 11 is 0. The van der Waals surface area contributed by atoms with Gasteiger partial charge in [-0.15, -0.1) is 0 Å². The second-order valence-electron chi connectivity index (χ2n) is 3.10. The van der Waals surface area contributed by atoms with Crippen molar-refractivity contribution >= 4 is 0 Å². The lowest BCUT2D eigenvalue weighted by Crippen LogP contribution is -2.10. The third-order valence-electron chi connectivity index (χ3n) is 2.27. The van der Waals surface area contributed by atoms with E-state index in [1.54, 1.807) is 0 Å². The first-order valence-corrected chi connectivity index (χ1v) is 4.18. The topological polar surface area (TPSA) is 65.4 Å². The number of aromatic amines is 1. The molecule has 1 aliphatic rings. The maximum atomic E-state index is 8.40. The van der Waals surface area contributed by atoms with Crippen LogP contribution in [0.25, 0.3) is 0 Å². The second kappa shape index (κ2) is 2.94. The van der Waals surface area contributed by atoms with Crippen LogP contribution in [0.5, 0.6) is 0 Å². The van der Waals surface area contributed by atoms with Crippen molar-refractivity contribution in [1.82, 2.24) is 15.2 Å². The zero-order valence-electron chi connectivity index (χ0n) is 6.75. The fourth-order valence-electron chi connectivity index (χ4n) is 1.31. The van der Waals surface area contributed by atoms with E-state index < -0.39 is 0 Å². The van der Waals surface area contributed by atoms with Gasteiger partial charge in [0.25, 0.3) is 0 Å². The fraction of sp³-hybridized carbons (Fsp3) is 0.625. The van der Waals surface area contributed by atoms with Gasteiger partial charge in [-0.2, -0.15) is 10.4 Å². The Kier molecular flexibility index (Phi) is 1.78. The smallest absolute Gasteiger partial charge is 0.153 e. The summed E-state index contributed by atoms with van der Waals surface area (Å²) in [5.41, 5.74) is 0. The molecule has 1 N–H and O–H groups in total. The minimum Gasteiger partial charge on any atom is -0.262 e. The zero-order chi connectivity index (χ0) is 8.39. The van der Waals surface area contributed by atoms with E-state index in [-0.39, 0.29) is 0 Å². The summed E-state index contributed by atoms with van der Waals surface area (Å²) in [5.74, 6) is 2.14. The number of nitriles is 1. The zero-order valence-corrected chi connectivity index (χ0v) is 6.75. The fourth-order valence-corrected chi connectivity index (χ4v) is 1.31. The maximum Gasteiger partial charge on any atom is 0.153 e. The van der Waals surface area contributed by atoms with Crippen LogP contribution in [0.1, 0.15) is 36.8 Å². The van der Waals surface area contributed by atoms with Gasteiger partial charge in [0.1, 0.15) is 5.82 Å². The molecule has 0 bridgehead atoms. The molecule has 1 aliphatic carbocycles. The summed E-state index contributed by atoms with van der Waals surface area (Å²) in [6.45, 7) is 0. The molecule has 2 rings (SSSR count). The van der Waals surface area contributed by atoms with Crippen molar-refractivity contribution in [3.63, 3.8) is 0 Å². The molecule has 0 radical (unpaired) electrons. The molecule has 62 valence electrons. The minimum absolute atomic E-state index is 0.333. The summed E-state index contributed by atoms with van der Waals surface area (Å²) in [7, 11) is 0. The third kappa shape index (κ3) is 1.18. The predicted octanol–water partition coefficient (Wildman–Crippen LogP) is 1.14. The largest absolute Gasteiger partial charge is 0.262 e. The van der Waals surface area contributed by atoms with Crippen LogP contribution in [0.15, 0.2) is 0 Å². The molecular formula is C8H10N4. The lowest BCUT2D eigenvalue weighted by atomic mass is 9.85. The van der Waals surface area contributed by atoms with Crippen molar-refractivity contribution in [2.24, 2.45) is 0 Å². The molecule has 12 heavy (non-hydrogen) atoms. The van der Waals surface area contributed by atoms with Gasteiger partial charge in [0, 0.05) is 5.92 Å². The molecule has 0 spiro atoms. The van der Waals surface area contributed by atoms with Gasteiger partial charge < -0.3 is 0 Å². The van der Waals surface area contributed by atoms with Gasteiger partial charge in [-0.1, -0.05) is 6.42 Å². The van der Waals surface area contributed by atoms with Crippen molar-refractivity contribution in [1.29, 1.82) is 5.26 Å². The van der Waals surface area contributed by atoms with E-state index in [9.17, 15) is 0 Å². The maximum absolute atomic E-state index is 8.40. The van der Waals surface area contributed by atoms with Crippen LogP contribution in [0.2, 0.25) is 0 Å². The summed E-state index contributed by atoms with van der Waals surface area (Å²) in [5, 5.41) is 15.2. The number of aromatic nitrogens is 3. The van der Waals surface area contributed by atoms with Crippen LogP contribution in [-0.2, 0) is 6.42 Å². The molecule has 1 aromatic heterocycles. The first-order valence-electron chi connectivity index (χ1n) is 4.18. The molecular weight excluding hydrogens is 152 g/mol. The van der Waals surface area contributed by atoms with Crippen molar-refractivity contribution < 1.29 is 0 Å². The van der Waals surface area contributed by atoms with Crippen molar-refractivity contribution in [3.8, 4) is 6.07 Å². The highest BCUT2D eigenvalue weighted by molar-refractivity contribution is 5.03. The van der Waals surface area contributed by atoms with E-state index in [1.165, 1.54) is 19.3 Å². The second-order valence-corrected chi connectivity index (χ2v) is 3.10. The summed E-state index contributed by atoms with van der Waals surface area (Å²) in [6, 6.07) is 2.04. The predicted molar refractivity (Wildman–Crippen MR) is 42.3 cm³/mol. The number of hydrogen-bond acceptors (Lipinski definition) is 3. The highest BCUT2D eigenvalue weighted by atomic mass is 15.2. The molecule has 0 amide bonds. The first-order chi connectivity index (χ1) is 5.90. The van der Waals surface area contributed by atoms with E-state index >= 15 is 0 Å². The van der Waals surface area contributed by atoms with Crippen molar-refractivity contribution in [2.75, 3.05) is 0 Å². The van der Waals surface area contributed by atoms with Crippen LogP contribution in [-0.4, -0.2) is 15.2 Å². The molecule has 0 atom stereocenters. The van der Waals surface area contributed by atoms with E-state index in [2.05, 4.69) is 15.2 Å². The normalized spacial score (nSPS) is 16.9. The Bertz CT molecular complexity index is 305. The Morgan fingerprint density at radius 1 is 1.58 bits per heavy atom. The molecule has 1 fully saturated rings. The minimum atomic E-state index is 0.333. The summed E-state index contributed by atoms with van der Waals surface area (Å²) < 4.78 is 0. The Labute approximate surface area is 70.6 Å². The molecule has 4 nitrogen and oxygen atoms in total. The monoisotopic (exact) mass is 162 g/mol. The number of H-pyrrole nitrogens is 1. The molecule has 1 heterocycles. The van der Waals surface area contributed by atoms with Gasteiger partial charge in [-0.3, -0.25) is 5.10 Å². The molecule has 4 heteroatoms. The lowest BCUT2D eigenvalue weighted by Gasteiger charge is -2.21. The van der Waals surface area contributed by atoms with Crippen LogP contribution in [0.4, 0.5) is 0 Å². The summed E-state index contributed by atoms with van der Waals surface area (Å²) in [6.07, 6.45) is 4.01. The van der Waals surface area contributed by atoms with Gasteiger partial charge in [0.2, 0.25) is 0 Å². The standard InChI is InChI=1S/C8H10N4/c9-5-4-7-10-8(12-11-7)6-2-1-3-6/h6H,1-4H2,(H,10,11,12). The Morgan fingerprint density at radius 3 is 3.00 bits per heavy atom. The number of hydrogen-bond donors (Lipinski definition) is 1. The van der Waals surface area contributed by atoms with Crippen LogP contribution >= 0.6 is 0 Å². The van der Waals surface area contributed by atoms with Crippen LogP contribution in [0, 0.1) is 11.3 Å². The van der Waals surface area contributed by atoms with Crippen LogP contribution in [0.3, 0.4) is 0 Å². The molecule has 1 saturated carbocycles. The number of nitrogens with zero attached hydrogens (tertiary/aromatic N) is 3.